The van der Waals surface area contributed by atoms with E-state index in [2.05, 4.69) is 4.98 Å². The second kappa shape index (κ2) is 4.73. The third kappa shape index (κ3) is 2.06. The Labute approximate surface area is 102 Å². The molecule has 18 heavy (non-hydrogen) atoms. The first-order valence-electron chi connectivity index (χ1n) is 5.30. The van der Waals surface area contributed by atoms with Gasteiger partial charge < -0.3 is 20.7 Å². The number of hydrogen-bond donors (Lipinski definition) is 3. The monoisotopic (exact) mass is 252 g/mol. The molecule has 0 aromatic carbocycles. The highest BCUT2D eigenvalue weighted by molar-refractivity contribution is 5.45. The van der Waals surface area contributed by atoms with Crippen molar-refractivity contribution in [3.8, 4) is 6.07 Å². The number of rotatable bonds is 2. The molecule has 4 N–H and O–H groups in total. The van der Waals surface area contributed by atoms with E-state index in [-0.39, 0.29) is 24.4 Å². The van der Waals surface area contributed by atoms with E-state index >= 15 is 0 Å². The van der Waals surface area contributed by atoms with E-state index in [4.69, 9.17) is 20.8 Å². The van der Waals surface area contributed by atoms with Gasteiger partial charge in [-0.05, 0) is 0 Å². The van der Waals surface area contributed by atoms with Crippen LogP contribution in [0.3, 0.4) is 0 Å². The minimum Gasteiger partial charge on any atom is -0.394 e. The van der Waals surface area contributed by atoms with E-state index in [0.29, 0.717) is 0 Å². The lowest BCUT2D eigenvalue weighted by molar-refractivity contribution is -0.0458. The van der Waals surface area contributed by atoms with E-state index < -0.39 is 24.1 Å². The van der Waals surface area contributed by atoms with E-state index in [1.165, 1.54) is 6.20 Å². The van der Waals surface area contributed by atoms with Crippen LogP contribution in [-0.2, 0) is 4.74 Å². The predicted molar refractivity (Wildman–Crippen MR) is 59.2 cm³/mol. The number of nitrogen functional groups attached to an aromatic ring is 1. The fourth-order valence-electron chi connectivity index (χ4n) is 1.82. The number of aromatic nitrogens is 2. The van der Waals surface area contributed by atoms with Gasteiger partial charge in [0.25, 0.3) is 0 Å². The van der Waals surface area contributed by atoms with Crippen molar-refractivity contribution >= 4 is 5.82 Å². The molecule has 96 valence electrons. The van der Waals surface area contributed by atoms with Crippen LogP contribution in [0.4, 0.5) is 5.82 Å². The predicted octanol–water partition coefficient (Wildman–Crippen LogP) is -1.66. The van der Waals surface area contributed by atoms with Crippen LogP contribution in [0, 0.1) is 11.3 Å². The summed E-state index contributed by atoms with van der Waals surface area (Å²) in [7, 11) is 0. The quantitative estimate of drug-likeness (QED) is 0.573. The molecule has 1 aromatic heterocycles. The van der Waals surface area contributed by atoms with Crippen molar-refractivity contribution in [3.05, 3.63) is 22.2 Å². The lowest BCUT2D eigenvalue weighted by atomic mass is 10.2. The maximum Gasteiger partial charge on any atom is 0.351 e. The molecule has 1 fully saturated rings. The van der Waals surface area contributed by atoms with Gasteiger partial charge in [0.1, 0.15) is 29.8 Å². The van der Waals surface area contributed by atoms with Gasteiger partial charge in [-0.25, -0.2) is 4.79 Å². The first-order chi connectivity index (χ1) is 8.56. The lowest BCUT2D eigenvalue weighted by Crippen LogP contribution is -2.28. The van der Waals surface area contributed by atoms with Gasteiger partial charge in [0.2, 0.25) is 0 Å². The van der Waals surface area contributed by atoms with Crippen molar-refractivity contribution < 1.29 is 14.9 Å². The minimum absolute atomic E-state index is 0.0557. The van der Waals surface area contributed by atoms with Crippen LogP contribution in [0.15, 0.2) is 11.0 Å². The Balaban J connectivity index is 2.36. The van der Waals surface area contributed by atoms with Gasteiger partial charge in [0, 0.05) is 12.6 Å². The second-order valence-corrected chi connectivity index (χ2v) is 3.96. The van der Waals surface area contributed by atoms with Crippen LogP contribution in [-0.4, -0.2) is 38.6 Å². The zero-order chi connectivity index (χ0) is 13.3. The fraction of sp³-hybridized carbons (Fsp3) is 0.500. The normalized spacial score (nSPS) is 27.1. The number of anilines is 1. The number of ether oxygens (including phenoxy) is 1. The van der Waals surface area contributed by atoms with Crippen LogP contribution < -0.4 is 11.4 Å². The molecule has 1 saturated heterocycles. The Morgan fingerprint density at radius 2 is 2.44 bits per heavy atom. The summed E-state index contributed by atoms with van der Waals surface area (Å²) < 4.78 is 6.39. The molecule has 0 bridgehead atoms. The summed E-state index contributed by atoms with van der Waals surface area (Å²) in [4.78, 5) is 15.1. The Hall–Kier alpha value is -1.95. The van der Waals surface area contributed by atoms with Crippen LogP contribution in [0.2, 0.25) is 0 Å². The molecule has 2 heterocycles. The molecule has 1 aliphatic heterocycles. The molecule has 8 nitrogen and oxygen atoms in total. The van der Waals surface area contributed by atoms with Gasteiger partial charge in [-0.3, -0.25) is 4.57 Å². The number of nitrogens with two attached hydrogens (primary N) is 1. The number of nitriles is 1. The van der Waals surface area contributed by atoms with Crippen LogP contribution in [0.1, 0.15) is 18.2 Å². The molecule has 0 unspecified atom stereocenters. The SMILES string of the molecule is N#Cc1cn([C@H]2C[C@H](O)[C@@H](CO)O2)c(=O)nc1N. The fourth-order valence-corrected chi connectivity index (χ4v) is 1.82. The summed E-state index contributed by atoms with van der Waals surface area (Å²) in [5.41, 5.74) is 4.79. The van der Waals surface area contributed by atoms with Crippen molar-refractivity contribution in [2.24, 2.45) is 0 Å². The maximum absolute atomic E-state index is 11.6. The summed E-state index contributed by atoms with van der Waals surface area (Å²) in [6.45, 7) is -0.347. The third-order valence-electron chi connectivity index (χ3n) is 2.80. The highest BCUT2D eigenvalue weighted by Crippen LogP contribution is 2.27. The van der Waals surface area contributed by atoms with E-state index in [1.807, 2.05) is 6.07 Å². The summed E-state index contributed by atoms with van der Waals surface area (Å²) in [5, 5.41) is 27.3. The molecule has 0 aliphatic carbocycles. The molecule has 8 heteroatoms. The minimum atomic E-state index is -0.866. The summed E-state index contributed by atoms with van der Waals surface area (Å²) >= 11 is 0. The number of hydrogen-bond acceptors (Lipinski definition) is 7. The molecule has 0 saturated carbocycles. The lowest BCUT2D eigenvalue weighted by Gasteiger charge is -2.14. The van der Waals surface area contributed by atoms with Crippen LogP contribution >= 0.6 is 0 Å². The van der Waals surface area contributed by atoms with Crippen molar-refractivity contribution in [2.45, 2.75) is 24.9 Å². The number of aliphatic hydroxyl groups is 2. The van der Waals surface area contributed by atoms with E-state index in [1.54, 1.807) is 0 Å². The maximum atomic E-state index is 11.6. The zero-order valence-electron chi connectivity index (χ0n) is 9.35. The number of aliphatic hydroxyl groups excluding tert-OH is 2. The van der Waals surface area contributed by atoms with Crippen LogP contribution in [0.25, 0.3) is 0 Å². The molecule has 1 aliphatic rings. The van der Waals surface area contributed by atoms with Gasteiger partial charge in [-0.2, -0.15) is 10.2 Å². The Morgan fingerprint density at radius 1 is 1.72 bits per heavy atom. The van der Waals surface area contributed by atoms with Crippen molar-refractivity contribution in [1.82, 2.24) is 9.55 Å². The highest BCUT2D eigenvalue weighted by Gasteiger charge is 2.35. The molecular weight excluding hydrogens is 240 g/mol. The first-order valence-corrected chi connectivity index (χ1v) is 5.30. The second-order valence-electron chi connectivity index (χ2n) is 3.96. The Kier molecular flexibility index (Phi) is 3.29. The molecular formula is C10H12N4O4. The largest absolute Gasteiger partial charge is 0.394 e. The van der Waals surface area contributed by atoms with Gasteiger partial charge >= 0.3 is 5.69 Å². The first kappa shape index (κ1) is 12.5. The van der Waals surface area contributed by atoms with Crippen molar-refractivity contribution in [3.63, 3.8) is 0 Å². The molecule has 0 amide bonds. The summed E-state index contributed by atoms with van der Waals surface area (Å²) in [5.74, 6) is -0.143. The van der Waals surface area contributed by atoms with Gasteiger partial charge in [0.05, 0.1) is 12.7 Å². The summed E-state index contributed by atoms with van der Waals surface area (Å²) in [6.07, 6.45) is -0.992. The van der Waals surface area contributed by atoms with Crippen LogP contribution in [0.5, 0.6) is 0 Å². The van der Waals surface area contributed by atoms with Gasteiger partial charge in [-0.15, -0.1) is 0 Å². The standard InChI is InChI=1S/C10H12N4O4/c11-2-5-3-14(10(17)13-9(5)12)8-1-6(16)7(4-15)18-8/h3,6-8,15-16H,1,4H2,(H2,12,13,17)/t6-,7+,8+/m0/s1. The Morgan fingerprint density at radius 3 is 3.00 bits per heavy atom. The topological polar surface area (TPSA) is 134 Å². The molecule has 3 atom stereocenters. The highest BCUT2D eigenvalue weighted by atomic mass is 16.5. The van der Waals surface area contributed by atoms with Crippen molar-refractivity contribution in [1.29, 1.82) is 5.26 Å². The molecule has 2 rings (SSSR count). The Bertz CT molecular complexity index is 550. The third-order valence-corrected chi connectivity index (χ3v) is 2.80. The average Bonchev–Trinajstić information content (AvgIpc) is 2.70. The van der Waals surface area contributed by atoms with Crippen molar-refractivity contribution in [2.75, 3.05) is 12.3 Å². The zero-order valence-corrected chi connectivity index (χ0v) is 9.35. The smallest absolute Gasteiger partial charge is 0.351 e. The number of nitrogens with zero attached hydrogens (tertiary/aromatic N) is 3. The van der Waals surface area contributed by atoms with E-state index in [9.17, 15) is 9.90 Å². The molecule has 0 radical (unpaired) electrons. The molecule has 0 spiro atoms. The van der Waals surface area contributed by atoms with Gasteiger partial charge in [-0.1, -0.05) is 0 Å². The average molecular weight is 252 g/mol. The van der Waals surface area contributed by atoms with E-state index in [0.717, 1.165) is 4.57 Å². The molecule has 1 aromatic rings. The summed E-state index contributed by atoms with van der Waals surface area (Å²) in [6, 6.07) is 1.81. The van der Waals surface area contributed by atoms with Gasteiger partial charge in [0.15, 0.2) is 0 Å².